The zero-order valence-corrected chi connectivity index (χ0v) is 15.9. The molecule has 6 nitrogen and oxygen atoms in total. The fourth-order valence-corrected chi connectivity index (χ4v) is 2.64. The monoisotopic (exact) mass is 375 g/mol. The third-order valence-electron chi connectivity index (χ3n) is 4.46. The molecule has 0 fully saturated rings. The lowest BCUT2D eigenvalue weighted by Crippen LogP contribution is -2.12. The number of ether oxygens (including phenoxy) is 1. The van der Waals surface area contributed by atoms with Crippen molar-refractivity contribution in [2.24, 2.45) is 0 Å². The Bertz CT molecular complexity index is 997. The predicted octanol–water partition coefficient (Wildman–Crippen LogP) is 4.48. The molecule has 0 saturated heterocycles. The summed E-state index contributed by atoms with van der Waals surface area (Å²) in [7, 11) is 1.32. The molecule has 0 radical (unpaired) electrons. The van der Waals surface area contributed by atoms with Gasteiger partial charge in [-0.05, 0) is 67.4 Å². The van der Waals surface area contributed by atoms with E-state index in [1.807, 2.05) is 19.1 Å². The number of nitrogens with zero attached hydrogens (tertiary/aromatic N) is 1. The van der Waals surface area contributed by atoms with Crippen LogP contribution in [0.3, 0.4) is 0 Å². The van der Waals surface area contributed by atoms with E-state index in [0.717, 1.165) is 11.3 Å². The molecule has 6 heteroatoms. The lowest BCUT2D eigenvalue weighted by molar-refractivity contribution is 0.0600. The Morgan fingerprint density at radius 3 is 2.29 bits per heavy atom. The second-order valence-electron chi connectivity index (χ2n) is 6.33. The maximum Gasteiger partial charge on any atom is 0.337 e. The summed E-state index contributed by atoms with van der Waals surface area (Å²) in [5.41, 5.74) is 4.76. The van der Waals surface area contributed by atoms with Crippen molar-refractivity contribution in [3.05, 3.63) is 83.0 Å². The van der Waals surface area contributed by atoms with Crippen molar-refractivity contribution >= 4 is 29.1 Å². The van der Waals surface area contributed by atoms with E-state index in [2.05, 4.69) is 33.3 Å². The average Bonchev–Trinajstić information content (AvgIpc) is 2.72. The van der Waals surface area contributed by atoms with Gasteiger partial charge in [-0.2, -0.15) is 0 Å². The van der Waals surface area contributed by atoms with Crippen LogP contribution >= 0.6 is 0 Å². The van der Waals surface area contributed by atoms with Gasteiger partial charge in [-0.15, -0.1) is 0 Å². The van der Waals surface area contributed by atoms with Crippen molar-refractivity contribution in [2.75, 3.05) is 17.7 Å². The minimum Gasteiger partial charge on any atom is -0.465 e. The molecule has 28 heavy (non-hydrogen) atoms. The number of hydrogen-bond donors (Lipinski definition) is 2. The summed E-state index contributed by atoms with van der Waals surface area (Å²) in [6.45, 7) is 4.10. The molecule has 0 atom stereocenters. The van der Waals surface area contributed by atoms with Crippen LogP contribution in [0.25, 0.3) is 0 Å². The molecule has 3 aromatic rings. The molecule has 0 bridgehead atoms. The van der Waals surface area contributed by atoms with Gasteiger partial charge in [-0.1, -0.05) is 12.1 Å². The number of methoxy groups -OCH3 is 1. The molecule has 2 N–H and O–H groups in total. The van der Waals surface area contributed by atoms with E-state index in [1.165, 1.54) is 18.9 Å². The highest BCUT2D eigenvalue weighted by Crippen LogP contribution is 2.22. The molecule has 3 rings (SSSR count). The van der Waals surface area contributed by atoms with Gasteiger partial charge in [-0.3, -0.25) is 4.79 Å². The molecule has 0 aliphatic rings. The molecule has 0 unspecified atom stereocenters. The lowest BCUT2D eigenvalue weighted by atomic mass is 10.1. The van der Waals surface area contributed by atoms with Crippen molar-refractivity contribution in [3.8, 4) is 0 Å². The first kappa shape index (κ1) is 19.1. The number of amides is 1. The standard InChI is InChI=1S/C22H21N3O3/c1-14-5-4-6-19(15(14)2)25-20-12-9-17(13-23-20)21(26)24-18-10-7-16(8-11-18)22(27)28-3/h4-13H,1-3H3,(H,23,25)(H,24,26). The quantitative estimate of drug-likeness (QED) is 0.643. The zero-order valence-electron chi connectivity index (χ0n) is 15.9. The number of aromatic nitrogens is 1. The molecule has 2 aromatic carbocycles. The fourth-order valence-electron chi connectivity index (χ4n) is 2.64. The van der Waals surface area contributed by atoms with Crippen LogP contribution in [0.5, 0.6) is 0 Å². The molecule has 1 aromatic heterocycles. The first-order valence-electron chi connectivity index (χ1n) is 8.77. The lowest BCUT2D eigenvalue weighted by Gasteiger charge is -2.11. The highest BCUT2D eigenvalue weighted by molar-refractivity contribution is 6.04. The maximum atomic E-state index is 12.4. The molecular formula is C22H21N3O3. The normalized spacial score (nSPS) is 10.2. The molecule has 1 amide bonds. The van der Waals surface area contributed by atoms with Crippen LogP contribution < -0.4 is 10.6 Å². The Morgan fingerprint density at radius 2 is 1.64 bits per heavy atom. The molecule has 0 aliphatic carbocycles. The van der Waals surface area contributed by atoms with Gasteiger partial charge in [0.1, 0.15) is 5.82 Å². The molecule has 0 aliphatic heterocycles. The third kappa shape index (κ3) is 4.35. The Kier molecular flexibility index (Phi) is 5.69. The summed E-state index contributed by atoms with van der Waals surface area (Å²) in [6.07, 6.45) is 1.52. The van der Waals surface area contributed by atoms with Gasteiger partial charge < -0.3 is 15.4 Å². The Labute approximate surface area is 163 Å². The second kappa shape index (κ2) is 8.35. The topological polar surface area (TPSA) is 80.3 Å². The Morgan fingerprint density at radius 1 is 0.929 bits per heavy atom. The minimum atomic E-state index is -0.422. The number of pyridine rings is 1. The molecular weight excluding hydrogens is 354 g/mol. The van der Waals surface area contributed by atoms with Crippen LogP contribution in [-0.2, 0) is 4.74 Å². The summed E-state index contributed by atoms with van der Waals surface area (Å²) in [5.74, 6) is -0.0432. The van der Waals surface area contributed by atoms with Crippen LogP contribution in [0.4, 0.5) is 17.2 Å². The van der Waals surface area contributed by atoms with E-state index < -0.39 is 5.97 Å². The average molecular weight is 375 g/mol. The Balaban J connectivity index is 1.66. The van der Waals surface area contributed by atoms with Crippen molar-refractivity contribution < 1.29 is 14.3 Å². The van der Waals surface area contributed by atoms with Crippen LogP contribution in [0, 0.1) is 13.8 Å². The van der Waals surface area contributed by atoms with E-state index in [4.69, 9.17) is 0 Å². The van der Waals surface area contributed by atoms with Gasteiger partial charge >= 0.3 is 5.97 Å². The Hall–Kier alpha value is -3.67. The van der Waals surface area contributed by atoms with Gasteiger partial charge in [0.15, 0.2) is 0 Å². The summed E-state index contributed by atoms with van der Waals surface area (Å²) in [5, 5.41) is 6.04. The van der Waals surface area contributed by atoms with E-state index in [9.17, 15) is 9.59 Å². The van der Waals surface area contributed by atoms with E-state index in [-0.39, 0.29) is 5.91 Å². The number of anilines is 3. The fraction of sp³-hybridized carbons (Fsp3) is 0.136. The van der Waals surface area contributed by atoms with Crippen LogP contribution in [0.1, 0.15) is 31.8 Å². The second-order valence-corrected chi connectivity index (χ2v) is 6.33. The summed E-state index contributed by atoms with van der Waals surface area (Å²) >= 11 is 0. The van der Waals surface area contributed by atoms with Gasteiger partial charge in [0.25, 0.3) is 5.91 Å². The minimum absolute atomic E-state index is 0.281. The van der Waals surface area contributed by atoms with Crippen LogP contribution in [0.15, 0.2) is 60.8 Å². The molecule has 142 valence electrons. The van der Waals surface area contributed by atoms with Gasteiger partial charge in [0.05, 0.1) is 18.2 Å². The van der Waals surface area contributed by atoms with Crippen molar-refractivity contribution in [1.82, 2.24) is 4.98 Å². The largest absolute Gasteiger partial charge is 0.465 e. The first-order chi connectivity index (χ1) is 13.5. The summed E-state index contributed by atoms with van der Waals surface area (Å²) in [6, 6.07) is 16.0. The van der Waals surface area contributed by atoms with Gasteiger partial charge in [-0.25, -0.2) is 9.78 Å². The molecule has 0 spiro atoms. The number of hydrogen-bond acceptors (Lipinski definition) is 5. The van der Waals surface area contributed by atoms with Crippen molar-refractivity contribution in [1.29, 1.82) is 0 Å². The number of carbonyl (C=O) groups excluding carboxylic acids is 2. The molecule has 1 heterocycles. The van der Waals surface area contributed by atoms with Gasteiger partial charge in [0.2, 0.25) is 0 Å². The number of esters is 1. The number of carbonyl (C=O) groups is 2. The third-order valence-corrected chi connectivity index (χ3v) is 4.46. The predicted molar refractivity (Wildman–Crippen MR) is 109 cm³/mol. The smallest absolute Gasteiger partial charge is 0.337 e. The maximum absolute atomic E-state index is 12.4. The number of rotatable bonds is 5. The zero-order chi connectivity index (χ0) is 20.1. The highest BCUT2D eigenvalue weighted by atomic mass is 16.5. The molecule has 0 saturated carbocycles. The summed E-state index contributed by atoms with van der Waals surface area (Å²) in [4.78, 5) is 28.2. The SMILES string of the molecule is COC(=O)c1ccc(NC(=O)c2ccc(Nc3cccc(C)c3C)nc2)cc1. The first-order valence-corrected chi connectivity index (χ1v) is 8.77. The van der Waals surface area contributed by atoms with Crippen molar-refractivity contribution in [3.63, 3.8) is 0 Å². The van der Waals surface area contributed by atoms with Crippen LogP contribution in [0.2, 0.25) is 0 Å². The van der Waals surface area contributed by atoms with E-state index in [1.54, 1.807) is 36.4 Å². The van der Waals surface area contributed by atoms with Gasteiger partial charge in [0, 0.05) is 17.6 Å². The number of benzene rings is 2. The van der Waals surface area contributed by atoms with Crippen LogP contribution in [-0.4, -0.2) is 24.0 Å². The van der Waals surface area contributed by atoms with E-state index in [0.29, 0.717) is 22.6 Å². The highest BCUT2D eigenvalue weighted by Gasteiger charge is 2.09. The number of aryl methyl sites for hydroxylation is 1. The summed E-state index contributed by atoms with van der Waals surface area (Å²) < 4.78 is 4.65. The van der Waals surface area contributed by atoms with E-state index >= 15 is 0 Å². The number of nitrogens with one attached hydrogen (secondary N) is 2. The van der Waals surface area contributed by atoms with Crippen molar-refractivity contribution in [2.45, 2.75) is 13.8 Å².